The molecule has 0 bridgehead atoms. The highest BCUT2D eigenvalue weighted by Gasteiger charge is 2.10. The van der Waals surface area contributed by atoms with Gasteiger partial charge in [0.25, 0.3) is 0 Å². The van der Waals surface area contributed by atoms with Crippen LogP contribution in [0.5, 0.6) is 0 Å². The van der Waals surface area contributed by atoms with E-state index in [0.29, 0.717) is 5.88 Å². The molecule has 4 heteroatoms. The van der Waals surface area contributed by atoms with Crippen molar-refractivity contribution in [3.05, 3.63) is 16.1 Å². The lowest BCUT2D eigenvalue weighted by Crippen LogP contribution is -2.32. The molecule has 0 unspecified atom stereocenters. The first kappa shape index (κ1) is 16.9. The summed E-state index contributed by atoms with van der Waals surface area (Å²) in [5.74, 6) is 2.01. The van der Waals surface area contributed by atoms with Gasteiger partial charge in [-0.05, 0) is 24.8 Å². The predicted octanol–water partition coefficient (Wildman–Crippen LogP) is 4.43. The quantitative estimate of drug-likeness (QED) is 0.627. The summed E-state index contributed by atoms with van der Waals surface area (Å²) >= 11 is 7.51. The average molecular weight is 303 g/mol. The van der Waals surface area contributed by atoms with Gasteiger partial charge in [0.1, 0.15) is 0 Å². The van der Waals surface area contributed by atoms with E-state index in [1.165, 1.54) is 31.1 Å². The van der Waals surface area contributed by atoms with Crippen LogP contribution in [0.4, 0.5) is 0 Å². The molecule has 0 fully saturated rings. The lowest BCUT2D eigenvalue weighted by Gasteiger charge is -2.25. The highest BCUT2D eigenvalue weighted by Crippen LogP contribution is 2.14. The van der Waals surface area contributed by atoms with Gasteiger partial charge in [-0.15, -0.1) is 22.9 Å². The first-order valence-electron chi connectivity index (χ1n) is 7.22. The Labute approximate surface area is 127 Å². The molecule has 1 aromatic rings. The standard InChI is InChI=1S/C15H27ClN2S/c1-12(2)9-18(10-13(3)4)7-5-6-15-17-14(8-16)11-19-15/h11-13H,5-10H2,1-4H3. The fourth-order valence-electron chi connectivity index (χ4n) is 2.27. The Bertz CT molecular complexity index is 340. The van der Waals surface area contributed by atoms with Crippen molar-refractivity contribution in [1.29, 1.82) is 0 Å². The Morgan fingerprint density at radius 1 is 1.21 bits per heavy atom. The van der Waals surface area contributed by atoms with E-state index in [2.05, 4.69) is 43.0 Å². The van der Waals surface area contributed by atoms with E-state index in [1.54, 1.807) is 11.3 Å². The van der Waals surface area contributed by atoms with Crippen molar-refractivity contribution in [1.82, 2.24) is 9.88 Å². The molecule has 0 N–H and O–H groups in total. The van der Waals surface area contributed by atoms with Crippen molar-refractivity contribution in [3.63, 3.8) is 0 Å². The summed E-state index contributed by atoms with van der Waals surface area (Å²) in [6.45, 7) is 12.7. The van der Waals surface area contributed by atoms with Gasteiger partial charge in [0.2, 0.25) is 0 Å². The van der Waals surface area contributed by atoms with Crippen LogP contribution in [-0.2, 0) is 12.3 Å². The number of thiazole rings is 1. The fraction of sp³-hybridized carbons (Fsp3) is 0.800. The molecule has 0 amide bonds. The largest absolute Gasteiger partial charge is 0.303 e. The van der Waals surface area contributed by atoms with E-state index < -0.39 is 0 Å². The SMILES string of the molecule is CC(C)CN(CCCc1nc(CCl)cs1)CC(C)C. The van der Waals surface area contributed by atoms with Gasteiger partial charge in [0.05, 0.1) is 16.6 Å². The number of nitrogens with zero attached hydrogens (tertiary/aromatic N) is 2. The van der Waals surface area contributed by atoms with Crippen molar-refractivity contribution < 1.29 is 0 Å². The number of hydrogen-bond donors (Lipinski definition) is 0. The smallest absolute Gasteiger partial charge is 0.0929 e. The summed E-state index contributed by atoms with van der Waals surface area (Å²) in [7, 11) is 0. The Morgan fingerprint density at radius 3 is 2.32 bits per heavy atom. The first-order valence-corrected chi connectivity index (χ1v) is 8.64. The maximum absolute atomic E-state index is 5.78. The molecule has 0 radical (unpaired) electrons. The first-order chi connectivity index (χ1) is 9.01. The zero-order valence-electron chi connectivity index (χ0n) is 12.7. The molecule has 1 heterocycles. The molecular weight excluding hydrogens is 276 g/mol. The van der Waals surface area contributed by atoms with E-state index >= 15 is 0 Å². The van der Waals surface area contributed by atoms with Crippen LogP contribution in [0.1, 0.15) is 44.8 Å². The highest BCUT2D eigenvalue weighted by molar-refractivity contribution is 7.09. The summed E-state index contributed by atoms with van der Waals surface area (Å²) in [5, 5.41) is 3.30. The minimum Gasteiger partial charge on any atom is -0.303 e. The van der Waals surface area contributed by atoms with E-state index in [4.69, 9.17) is 11.6 Å². The molecule has 2 nitrogen and oxygen atoms in total. The number of halogens is 1. The van der Waals surface area contributed by atoms with Crippen LogP contribution < -0.4 is 0 Å². The normalized spacial score (nSPS) is 12.0. The number of hydrogen-bond acceptors (Lipinski definition) is 3. The lowest BCUT2D eigenvalue weighted by molar-refractivity contribution is 0.217. The molecule has 0 saturated carbocycles. The zero-order valence-corrected chi connectivity index (χ0v) is 14.2. The van der Waals surface area contributed by atoms with Crippen LogP contribution >= 0.6 is 22.9 Å². The molecule has 0 aromatic carbocycles. The average Bonchev–Trinajstić information content (AvgIpc) is 2.75. The lowest BCUT2D eigenvalue weighted by atomic mass is 10.1. The van der Waals surface area contributed by atoms with Gasteiger partial charge < -0.3 is 4.90 Å². The molecule has 0 aliphatic carbocycles. The number of aryl methyl sites for hydroxylation is 1. The molecule has 110 valence electrons. The maximum Gasteiger partial charge on any atom is 0.0929 e. The van der Waals surface area contributed by atoms with E-state index in [0.717, 1.165) is 24.0 Å². The summed E-state index contributed by atoms with van der Waals surface area (Å²) in [6.07, 6.45) is 2.27. The number of rotatable bonds is 9. The minimum absolute atomic E-state index is 0.531. The molecule has 0 spiro atoms. The van der Waals surface area contributed by atoms with Gasteiger partial charge >= 0.3 is 0 Å². The van der Waals surface area contributed by atoms with E-state index in [1.807, 2.05) is 0 Å². The Morgan fingerprint density at radius 2 is 1.84 bits per heavy atom. The van der Waals surface area contributed by atoms with E-state index in [9.17, 15) is 0 Å². The van der Waals surface area contributed by atoms with Gasteiger partial charge in [0.15, 0.2) is 0 Å². The molecule has 0 saturated heterocycles. The van der Waals surface area contributed by atoms with Crippen LogP contribution in [0.25, 0.3) is 0 Å². The van der Waals surface area contributed by atoms with Crippen LogP contribution in [-0.4, -0.2) is 29.5 Å². The topological polar surface area (TPSA) is 16.1 Å². The Hall–Kier alpha value is -0.120. The van der Waals surface area contributed by atoms with Gasteiger partial charge in [-0.2, -0.15) is 0 Å². The van der Waals surface area contributed by atoms with Crippen molar-refractivity contribution in [2.24, 2.45) is 11.8 Å². The Balaban J connectivity index is 2.34. The molecule has 19 heavy (non-hydrogen) atoms. The molecule has 0 aliphatic rings. The number of aromatic nitrogens is 1. The predicted molar refractivity (Wildman–Crippen MR) is 86.1 cm³/mol. The molecule has 0 aliphatic heterocycles. The summed E-state index contributed by atoms with van der Waals surface area (Å²) in [6, 6.07) is 0. The molecule has 1 aromatic heterocycles. The third-order valence-corrected chi connectivity index (χ3v) is 4.08. The highest BCUT2D eigenvalue weighted by atomic mass is 35.5. The Kier molecular flexibility index (Phi) is 7.96. The van der Waals surface area contributed by atoms with Gasteiger partial charge in [-0.25, -0.2) is 4.98 Å². The third-order valence-electron chi connectivity index (χ3n) is 2.85. The van der Waals surface area contributed by atoms with Crippen molar-refractivity contribution >= 4 is 22.9 Å². The van der Waals surface area contributed by atoms with Gasteiger partial charge in [0, 0.05) is 24.9 Å². The number of alkyl halides is 1. The second kappa shape index (κ2) is 8.93. The van der Waals surface area contributed by atoms with Crippen molar-refractivity contribution in [2.75, 3.05) is 19.6 Å². The summed E-state index contributed by atoms with van der Waals surface area (Å²) in [4.78, 5) is 7.10. The second-order valence-corrected chi connectivity index (χ2v) is 7.23. The van der Waals surface area contributed by atoms with Gasteiger partial charge in [-0.3, -0.25) is 0 Å². The monoisotopic (exact) mass is 302 g/mol. The minimum atomic E-state index is 0.531. The summed E-state index contributed by atoms with van der Waals surface area (Å²) < 4.78 is 0. The summed E-state index contributed by atoms with van der Waals surface area (Å²) in [5.41, 5.74) is 1.02. The third kappa shape index (κ3) is 7.28. The van der Waals surface area contributed by atoms with E-state index in [-0.39, 0.29) is 0 Å². The van der Waals surface area contributed by atoms with Crippen LogP contribution in [0, 0.1) is 11.8 Å². The van der Waals surface area contributed by atoms with Crippen molar-refractivity contribution in [3.8, 4) is 0 Å². The molecular formula is C15H27ClN2S. The van der Waals surface area contributed by atoms with Crippen LogP contribution in [0.3, 0.4) is 0 Å². The molecule has 0 atom stereocenters. The van der Waals surface area contributed by atoms with Crippen LogP contribution in [0.2, 0.25) is 0 Å². The van der Waals surface area contributed by atoms with Crippen molar-refractivity contribution in [2.45, 2.75) is 46.4 Å². The second-order valence-electron chi connectivity index (χ2n) is 6.02. The van der Waals surface area contributed by atoms with Gasteiger partial charge in [-0.1, -0.05) is 27.7 Å². The zero-order chi connectivity index (χ0) is 14.3. The van der Waals surface area contributed by atoms with Crippen LogP contribution in [0.15, 0.2) is 5.38 Å². The molecule has 1 rings (SSSR count). The fourth-order valence-corrected chi connectivity index (χ4v) is 3.34. The maximum atomic E-state index is 5.78.